The van der Waals surface area contributed by atoms with Crippen molar-refractivity contribution in [3.8, 4) is 0 Å². The minimum atomic E-state index is -0.294. The number of imide groups is 1. The molecular formula is C25H25N3O4. The summed E-state index contributed by atoms with van der Waals surface area (Å²) in [5.74, 6) is -0.735. The number of carbonyl (C=O) groups is 3. The van der Waals surface area contributed by atoms with Gasteiger partial charge in [-0.15, -0.1) is 0 Å². The Morgan fingerprint density at radius 1 is 1.09 bits per heavy atom. The molecule has 3 amide bonds. The Morgan fingerprint density at radius 2 is 1.88 bits per heavy atom. The van der Waals surface area contributed by atoms with Crippen LogP contribution in [-0.2, 0) is 25.5 Å². The molecule has 164 valence electrons. The summed E-state index contributed by atoms with van der Waals surface area (Å²) in [6.07, 6.45) is 2.50. The van der Waals surface area contributed by atoms with Crippen LogP contribution in [0, 0.1) is 0 Å². The first-order valence-electron chi connectivity index (χ1n) is 11.0. The molecule has 1 atom stereocenters. The number of benzene rings is 2. The van der Waals surface area contributed by atoms with Crippen LogP contribution >= 0.6 is 0 Å². The second kappa shape index (κ2) is 8.24. The number of para-hydroxylation sites is 1. The lowest BCUT2D eigenvalue weighted by Gasteiger charge is -2.23. The Bertz CT molecular complexity index is 1120. The van der Waals surface area contributed by atoms with E-state index in [4.69, 9.17) is 4.74 Å². The minimum Gasteiger partial charge on any atom is -0.376 e. The van der Waals surface area contributed by atoms with Crippen LogP contribution in [0.1, 0.15) is 30.9 Å². The van der Waals surface area contributed by atoms with Gasteiger partial charge in [-0.1, -0.05) is 30.3 Å². The second-order valence-corrected chi connectivity index (χ2v) is 8.37. The second-order valence-electron chi connectivity index (χ2n) is 8.37. The third kappa shape index (κ3) is 3.58. The lowest BCUT2D eigenvalue weighted by Crippen LogP contribution is -2.39. The summed E-state index contributed by atoms with van der Waals surface area (Å²) in [6.45, 7) is 3.03. The molecule has 1 unspecified atom stereocenters. The van der Waals surface area contributed by atoms with E-state index in [1.165, 1.54) is 11.8 Å². The van der Waals surface area contributed by atoms with Crippen LogP contribution in [0.3, 0.4) is 0 Å². The Balaban J connectivity index is 1.55. The summed E-state index contributed by atoms with van der Waals surface area (Å²) < 4.78 is 5.70. The quantitative estimate of drug-likeness (QED) is 0.737. The number of nitrogens with zero attached hydrogens (tertiary/aromatic N) is 2. The summed E-state index contributed by atoms with van der Waals surface area (Å²) >= 11 is 0. The van der Waals surface area contributed by atoms with Crippen molar-refractivity contribution < 1.29 is 19.1 Å². The van der Waals surface area contributed by atoms with Gasteiger partial charge in [-0.05, 0) is 48.6 Å². The highest BCUT2D eigenvalue weighted by atomic mass is 16.5. The zero-order valence-electron chi connectivity index (χ0n) is 18.0. The lowest BCUT2D eigenvalue weighted by atomic mass is 10.0. The molecule has 1 fully saturated rings. The van der Waals surface area contributed by atoms with Crippen molar-refractivity contribution in [1.82, 2.24) is 4.90 Å². The number of amides is 3. The predicted molar refractivity (Wildman–Crippen MR) is 121 cm³/mol. The monoisotopic (exact) mass is 431 g/mol. The highest BCUT2D eigenvalue weighted by molar-refractivity contribution is 6.36. The Morgan fingerprint density at radius 3 is 2.59 bits per heavy atom. The molecule has 2 aromatic rings. The van der Waals surface area contributed by atoms with Gasteiger partial charge >= 0.3 is 0 Å². The summed E-state index contributed by atoms with van der Waals surface area (Å²) in [7, 11) is 0. The summed E-state index contributed by atoms with van der Waals surface area (Å²) in [6, 6.07) is 15.1. The van der Waals surface area contributed by atoms with Crippen LogP contribution in [0.5, 0.6) is 0 Å². The number of hydrogen-bond acceptors (Lipinski definition) is 5. The topological polar surface area (TPSA) is 79.0 Å². The fraction of sp³-hybridized carbons (Fsp3) is 0.320. The first-order valence-corrected chi connectivity index (χ1v) is 11.0. The summed E-state index contributed by atoms with van der Waals surface area (Å²) in [4.78, 5) is 41.8. The molecule has 3 heterocycles. The van der Waals surface area contributed by atoms with Crippen molar-refractivity contribution in [2.75, 3.05) is 29.9 Å². The summed E-state index contributed by atoms with van der Waals surface area (Å²) in [5.41, 5.74) is 4.26. The molecule has 0 saturated carbocycles. The number of hydrogen-bond donors (Lipinski definition) is 1. The highest BCUT2D eigenvalue weighted by Crippen LogP contribution is 2.39. The number of fused-ring (bicyclic) bond motifs is 1. The van der Waals surface area contributed by atoms with Gasteiger partial charge in [-0.2, -0.15) is 0 Å². The molecule has 0 radical (unpaired) electrons. The fourth-order valence-corrected chi connectivity index (χ4v) is 4.73. The third-order valence-corrected chi connectivity index (χ3v) is 6.20. The highest BCUT2D eigenvalue weighted by Gasteiger charge is 2.44. The van der Waals surface area contributed by atoms with Crippen molar-refractivity contribution in [2.24, 2.45) is 0 Å². The molecule has 2 aromatic carbocycles. The standard InChI is InChI=1S/C25H25N3O4/c1-16(29)26-19-10-8-18(9-11-19)22-23(27-13-12-17-5-2-3-7-21(17)27)25(31)28(24(22)30)15-20-6-4-14-32-20/h2-3,5,7-11,20H,4,6,12-15H2,1H3,(H,26,29). The SMILES string of the molecule is CC(=O)Nc1ccc(C2=C(N3CCc4ccccc43)C(=O)N(CC3CCCO3)C2=O)cc1. The van der Waals surface area contributed by atoms with E-state index in [0.29, 0.717) is 35.7 Å². The smallest absolute Gasteiger partial charge is 0.278 e. The maximum atomic E-state index is 13.6. The van der Waals surface area contributed by atoms with E-state index >= 15 is 0 Å². The van der Waals surface area contributed by atoms with Crippen LogP contribution in [0.2, 0.25) is 0 Å². The molecule has 0 aliphatic carbocycles. The van der Waals surface area contributed by atoms with Crippen molar-refractivity contribution in [3.63, 3.8) is 0 Å². The largest absolute Gasteiger partial charge is 0.376 e. The number of nitrogens with one attached hydrogen (secondary N) is 1. The van der Waals surface area contributed by atoms with Crippen LogP contribution in [0.4, 0.5) is 11.4 Å². The van der Waals surface area contributed by atoms with Crippen molar-refractivity contribution >= 4 is 34.7 Å². The van der Waals surface area contributed by atoms with Gasteiger partial charge < -0.3 is 15.0 Å². The molecule has 1 N–H and O–H groups in total. The molecule has 0 spiro atoms. The van der Waals surface area contributed by atoms with Crippen LogP contribution in [-0.4, -0.2) is 48.4 Å². The first-order chi connectivity index (χ1) is 15.5. The molecular weight excluding hydrogens is 406 g/mol. The third-order valence-electron chi connectivity index (χ3n) is 6.20. The van der Waals surface area contributed by atoms with Crippen LogP contribution < -0.4 is 10.2 Å². The van der Waals surface area contributed by atoms with Gasteiger partial charge in [-0.25, -0.2) is 0 Å². The molecule has 7 heteroatoms. The van der Waals surface area contributed by atoms with E-state index in [2.05, 4.69) is 11.4 Å². The average molecular weight is 431 g/mol. The zero-order valence-corrected chi connectivity index (χ0v) is 18.0. The number of rotatable bonds is 5. The van der Waals surface area contributed by atoms with E-state index in [1.54, 1.807) is 24.3 Å². The van der Waals surface area contributed by atoms with E-state index < -0.39 is 0 Å². The van der Waals surface area contributed by atoms with Gasteiger partial charge in [0, 0.05) is 31.5 Å². The van der Waals surface area contributed by atoms with Gasteiger partial charge in [0.25, 0.3) is 11.8 Å². The Hall–Kier alpha value is -3.45. The van der Waals surface area contributed by atoms with E-state index in [1.807, 2.05) is 23.1 Å². The fourth-order valence-electron chi connectivity index (χ4n) is 4.73. The molecule has 3 aliphatic heterocycles. The Kier molecular flexibility index (Phi) is 5.27. The lowest BCUT2D eigenvalue weighted by molar-refractivity contribution is -0.138. The van der Waals surface area contributed by atoms with E-state index in [0.717, 1.165) is 30.5 Å². The molecule has 1 saturated heterocycles. The van der Waals surface area contributed by atoms with Gasteiger partial charge in [-0.3, -0.25) is 19.3 Å². The van der Waals surface area contributed by atoms with E-state index in [-0.39, 0.29) is 30.4 Å². The normalized spacial score (nSPS) is 20.3. The molecule has 7 nitrogen and oxygen atoms in total. The van der Waals surface area contributed by atoms with Crippen molar-refractivity contribution in [3.05, 3.63) is 65.4 Å². The van der Waals surface area contributed by atoms with Crippen LogP contribution in [0.25, 0.3) is 5.57 Å². The maximum absolute atomic E-state index is 13.6. The molecule has 3 aliphatic rings. The zero-order chi connectivity index (χ0) is 22.2. The maximum Gasteiger partial charge on any atom is 0.278 e. The van der Waals surface area contributed by atoms with Crippen molar-refractivity contribution in [1.29, 1.82) is 0 Å². The van der Waals surface area contributed by atoms with Gasteiger partial charge in [0.05, 0.1) is 18.2 Å². The Labute approximate surface area is 186 Å². The van der Waals surface area contributed by atoms with E-state index in [9.17, 15) is 14.4 Å². The molecule has 5 rings (SSSR count). The molecule has 0 aromatic heterocycles. The van der Waals surface area contributed by atoms with Gasteiger partial charge in [0.1, 0.15) is 5.70 Å². The summed E-state index contributed by atoms with van der Waals surface area (Å²) in [5, 5.41) is 2.73. The molecule has 32 heavy (non-hydrogen) atoms. The first kappa shape index (κ1) is 20.5. The van der Waals surface area contributed by atoms with Gasteiger partial charge in [0.2, 0.25) is 5.91 Å². The number of anilines is 2. The number of carbonyl (C=O) groups excluding carboxylic acids is 3. The minimum absolute atomic E-state index is 0.114. The number of ether oxygens (including phenoxy) is 1. The van der Waals surface area contributed by atoms with Gasteiger partial charge in [0.15, 0.2) is 0 Å². The van der Waals surface area contributed by atoms with Crippen LogP contribution in [0.15, 0.2) is 54.2 Å². The predicted octanol–water partition coefficient (Wildman–Crippen LogP) is 2.97. The van der Waals surface area contributed by atoms with Crippen molar-refractivity contribution in [2.45, 2.75) is 32.3 Å². The average Bonchev–Trinajstić information content (AvgIpc) is 3.49. The molecule has 0 bridgehead atoms.